The topological polar surface area (TPSA) is 84.6 Å². The zero-order valence-electron chi connectivity index (χ0n) is 15.9. The highest BCUT2D eigenvalue weighted by Gasteiger charge is 2.17. The predicted octanol–water partition coefficient (Wildman–Crippen LogP) is 4.82. The maximum Gasteiger partial charge on any atom is 0.282 e. The molecule has 31 heavy (non-hydrogen) atoms. The third-order valence-corrected chi connectivity index (χ3v) is 5.18. The second-order valence-electron chi connectivity index (χ2n) is 7.04. The van der Waals surface area contributed by atoms with Crippen molar-refractivity contribution in [1.82, 2.24) is 34.5 Å². The summed E-state index contributed by atoms with van der Waals surface area (Å²) in [7, 11) is 0. The zero-order chi connectivity index (χ0) is 20.9. The molecule has 0 bridgehead atoms. The fourth-order valence-electron chi connectivity index (χ4n) is 3.66. The van der Waals surface area contributed by atoms with Crippen molar-refractivity contribution in [3.05, 3.63) is 72.9 Å². The molecule has 0 aliphatic heterocycles. The van der Waals surface area contributed by atoms with E-state index in [9.17, 15) is 8.78 Å². The minimum absolute atomic E-state index is 0.249. The SMILES string of the molecule is FC(F)c1cnc2ccc(-c3c[nH]c4nc(-c5ccc6ncccc6c5)ncc34)nn12. The second kappa shape index (κ2) is 6.63. The van der Waals surface area contributed by atoms with Crippen molar-refractivity contribution in [2.45, 2.75) is 6.43 Å². The molecule has 0 fully saturated rings. The number of pyridine rings is 1. The molecule has 0 aliphatic rings. The van der Waals surface area contributed by atoms with Crippen LogP contribution in [0.1, 0.15) is 12.1 Å². The second-order valence-corrected chi connectivity index (χ2v) is 7.04. The van der Waals surface area contributed by atoms with Crippen LogP contribution in [0.25, 0.3) is 50.2 Å². The predicted molar refractivity (Wildman–Crippen MR) is 112 cm³/mol. The number of hydrogen-bond acceptors (Lipinski definition) is 5. The van der Waals surface area contributed by atoms with Gasteiger partial charge < -0.3 is 4.98 Å². The van der Waals surface area contributed by atoms with Crippen molar-refractivity contribution >= 4 is 27.6 Å². The Morgan fingerprint density at radius 1 is 0.968 bits per heavy atom. The van der Waals surface area contributed by atoms with Gasteiger partial charge in [-0.1, -0.05) is 6.07 Å². The molecule has 150 valence electrons. The number of fused-ring (bicyclic) bond motifs is 3. The third-order valence-electron chi connectivity index (χ3n) is 5.18. The summed E-state index contributed by atoms with van der Waals surface area (Å²) in [6, 6.07) is 13.1. The van der Waals surface area contributed by atoms with E-state index in [1.54, 1.807) is 30.7 Å². The summed E-state index contributed by atoms with van der Waals surface area (Å²) in [6.07, 6.45) is 3.69. The van der Waals surface area contributed by atoms with E-state index in [0.29, 0.717) is 22.8 Å². The van der Waals surface area contributed by atoms with Gasteiger partial charge in [-0.25, -0.2) is 28.2 Å². The van der Waals surface area contributed by atoms with E-state index in [0.717, 1.165) is 38.1 Å². The first kappa shape index (κ1) is 17.6. The lowest BCUT2D eigenvalue weighted by Crippen LogP contribution is -1.99. The summed E-state index contributed by atoms with van der Waals surface area (Å²) >= 11 is 0. The van der Waals surface area contributed by atoms with E-state index >= 15 is 0 Å². The van der Waals surface area contributed by atoms with Crippen molar-refractivity contribution in [2.75, 3.05) is 0 Å². The van der Waals surface area contributed by atoms with Crippen molar-refractivity contribution in [3.63, 3.8) is 0 Å². The Morgan fingerprint density at radius 3 is 2.81 bits per heavy atom. The third kappa shape index (κ3) is 2.82. The number of nitrogens with one attached hydrogen (secondary N) is 1. The molecule has 0 saturated heterocycles. The molecule has 0 unspecified atom stereocenters. The molecule has 1 N–H and O–H groups in total. The van der Waals surface area contributed by atoms with Gasteiger partial charge >= 0.3 is 0 Å². The summed E-state index contributed by atoms with van der Waals surface area (Å²) in [6.45, 7) is 0. The molecule has 6 rings (SSSR count). The summed E-state index contributed by atoms with van der Waals surface area (Å²) in [4.78, 5) is 20.6. The van der Waals surface area contributed by atoms with Gasteiger partial charge in [-0.05, 0) is 36.4 Å². The summed E-state index contributed by atoms with van der Waals surface area (Å²) in [5, 5.41) is 6.11. The molecule has 6 aromatic rings. The van der Waals surface area contributed by atoms with Crippen molar-refractivity contribution in [2.24, 2.45) is 0 Å². The van der Waals surface area contributed by atoms with Crippen LogP contribution in [0.2, 0.25) is 0 Å². The Kier molecular flexibility index (Phi) is 3.76. The number of hydrogen-bond donors (Lipinski definition) is 1. The number of rotatable bonds is 3. The fraction of sp³-hybridized carbons (Fsp3) is 0.0455. The maximum absolute atomic E-state index is 13.2. The number of aromatic amines is 1. The van der Waals surface area contributed by atoms with Gasteiger partial charge in [0.1, 0.15) is 11.3 Å². The molecule has 0 amide bonds. The van der Waals surface area contributed by atoms with Crippen LogP contribution in [0.4, 0.5) is 8.78 Å². The Labute approximate surface area is 173 Å². The minimum Gasteiger partial charge on any atom is -0.345 e. The Balaban J connectivity index is 1.44. The largest absolute Gasteiger partial charge is 0.345 e. The molecule has 5 heterocycles. The molecule has 5 aromatic heterocycles. The van der Waals surface area contributed by atoms with E-state index in [4.69, 9.17) is 0 Å². The Hall–Kier alpha value is -4.27. The van der Waals surface area contributed by atoms with Gasteiger partial charge in [-0.3, -0.25) is 4.98 Å². The molecule has 1 aromatic carbocycles. The number of benzene rings is 1. The van der Waals surface area contributed by atoms with Gasteiger partial charge in [0.05, 0.1) is 17.4 Å². The minimum atomic E-state index is -2.66. The highest BCUT2D eigenvalue weighted by Crippen LogP contribution is 2.29. The van der Waals surface area contributed by atoms with Crippen LogP contribution in [-0.2, 0) is 0 Å². The van der Waals surface area contributed by atoms with Crippen LogP contribution < -0.4 is 0 Å². The van der Waals surface area contributed by atoms with E-state index < -0.39 is 6.43 Å². The number of nitrogens with zero attached hydrogens (tertiary/aromatic N) is 6. The molecule has 0 aliphatic carbocycles. The van der Waals surface area contributed by atoms with Gasteiger partial charge in [0, 0.05) is 40.5 Å². The average Bonchev–Trinajstić information content (AvgIpc) is 3.42. The summed E-state index contributed by atoms with van der Waals surface area (Å²) in [5.41, 5.74) is 3.76. The molecular formula is C22H13F2N7. The van der Waals surface area contributed by atoms with Gasteiger partial charge in [-0.2, -0.15) is 5.10 Å². The van der Waals surface area contributed by atoms with Crippen LogP contribution in [0.15, 0.2) is 67.3 Å². The number of aromatic nitrogens is 7. The molecule has 0 saturated carbocycles. The van der Waals surface area contributed by atoms with Crippen LogP contribution in [-0.4, -0.2) is 34.5 Å². The van der Waals surface area contributed by atoms with Crippen LogP contribution in [0.5, 0.6) is 0 Å². The average molecular weight is 413 g/mol. The van der Waals surface area contributed by atoms with E-state index in [-0.39, 0.29) is 5.69 Å². The zero-order valence-corrected chi connectivity index (χ0v) is 15.9. The lowest BCUT2D eigenvalue weighted by Gasteiger charge is -2.04. The molecular weight excluding hydrogens is 400 g/mol. The maximum atomic E-state index is 13.2. The number of halogens is 2. The molecule has 0 radical (unpaired) electrons. The van der Waals surface area contributed by atoms with Gasteiger partial charge in [0.25, 0.3) is 6.43 Å². The number of H-pyrrole nitrogens is 1. The van der Waals surface area contributed by atoms with Crippen LogP contribution >= 0.6 is 0 Å². The van der Waals surface area contributed by atoms with Crippen molar-refractivity contribution < 1.29 is 8.78 Å². The molecule has 0 atom stereocenters. The number of imidazole rings is 1. The van der Waals surface area contributed by atoms with Gasteiger partial charge in [0.2, 0.25) is 0 Å². The quantitative estimate of drug-likeness (QED) is 0.450. The van der Waals surface area contributed by atoms with Gasteiger partial charge in [0.15, 0.2) is 11.5 Å². The smallest absolute Gasteiger partial charge is 0.282 e. The summed E-state index contributed by atoms with van der Waals surface area (Å²) in [5.74, 6) is 0.574. The van der Waals surface area contributed by atoms with E-state index in [1.165, 1.54) is 0 Å². The van der Waals surface area contributed by atoms with E-state index in [2.05, 4.69) is 30.0 Å². The monoisotopic (exact) mass is 413 g/mol. The van der Waals surface area contributed by atoms with Crippen molar-refractivity contribution in [1.29, 1.82) is 0 Å². The van der Waals surface area contributed by atoms with Crippen LogP contribution in [0.3, 0.4) is 0 Å². The first-order valence-electron chi connectivity index (χ1n) is 9.50. The van der Waals surface area contributed by atoms with Gasteiger partial charge in [-0.15, -0.1) is 0 Å². The van der Waals surface area contributed by atoms with Crippen LogP contribution in [0, 0.1) is 0 Å². The summed E-state index contributed by atoms with van der Waals surface area (Å²) < 4.78 is 27.6. The first-order chi connectivity index (χ1) is 15.2. The highest BCUT2D eigenvalue weighted by atomic mass is 19.3. The lowest BCUT2D eigenvalue weighted by molar-refractivity contribution is 0.143. The van der Waals surface area contributed by atoms with Crippen molar-refractivity contribution in [3.8, 4) is 22.6 Å². The molecule has 9 heteroatoms. The standard InChI is InChI=1S/C22H13F2N7/c23-20(24)18-11-26-19-6-5-17(30-31(18)19)14-9-28-22-15(14)10-27-21(29-22)13-3-4-16-12(8-13)2-1-7-25-16/h1-11,20H,(H,27,28,29). The highest BCUT2D eigenvalue weighted by molar-refractivity contribution is 5.93. The lowest BCUT2D eigenvalue weighted by atomic mass is 10.1. The normalized spacial score (nSPS) is 11.8. The Morgan fingerprint density at radius 2 is 1.90 bits per heavy atom. The van der Waals surface area contributed by atoms with E-state index in [1.807, 2.05) is 30.3 Å². The first-order valence-corrected chi connectivity index (χ1v) is 9.50. The molecule has 7 nitrogen and oxygen atoms in total. The number of alkyl halides is 2. The fourth-order valence-corrected chi connectivity index (χ4v) is 3.66. The Bertz CT molecular complexity index is 1590. The molecule has 0 spiro atoms.